The molecule has 0 saturated carbocycles. The van der Waals surface area contributed by atoms with E-state index in [4.69, 9.17) is 0 Å². The second-order valence-corrected chi connectivity index (χ2v) is 1.68. The molecule has 1 rings (SSSR count). The van der Waals surface area contributed by atoms with E-state index in [-0.39, 0.29) is 18.4 Å². The maximum Gasteiger partial charge on any atom is 0.305 e. The zero-order valence-electron chi connectivity index (χ0n) is 4.55. The standard InChI is InChI=1S/C5H8O2.ClH/c6-5-3-1-2-4-7-5;/h1-4H2;1H. The summed E-state index contributed by atoms with van der Waals surface area (Å²) in [5, 5.41) is 0. The molecule has 0 aromatic carbocycles. The maximum absolute atomic E-state index is 10.2. The molecular formula is C5H9ClO2. The number of hydrogen-bond acceptors (Lipinski definition) is 2. The van der Waals surface area contributed by atoms with Crippen molar-refractivity contribution in [1.82, 2.24) is 0 Å². The highest BCUT2D eigenvalue weighted by atomic mass is 35.5. The van der Waals surface area contributed by atoms with Crippen LogP contribution in [0.15, 0.2) is 0 Å². The molecule has 0 N–H and O–H groups in total. The minimum absolute atomic E-state index is 0. The van der Waals surface area contributed by atoms with Crippen molar-refractivity contribution in [2.24, 2.45) is 0 Å². The van der Waals surface area contributed by atoms with Crippen LogP contribution < -0.4 is 0 Å². The molecule has 0 amide bonds. The van der Waals surface area contributed by atoms with Crippen LogP contribution in [0, 0.1) is 0 Å². The first-order chi connectivity index (χ1) is 3.39. The molecule has 3 heteroatoms. The smallest absolute Gasteiger partial charge is 0.305 e. The van der Waals surface area contributed by atoms with Crippen LogP contribution in [-0.4, -0.2) is 12.6 Å². The van der Waals surface area contributed by atoms with Gasteiger partial charge < -0.3 is 4.74 Å². The minimum Gasteiger partial charge on any atom is -0.466 e. The summed E-state index contributed by atoms with van der Waals surface area (Å²) in [4.78, 5) is 10.2. The van der Waals surface area contributed by atoms with Crippen LogP contribution in [0.3, 0.4) is 0 Å². The number of ether oxygens (including phenoxy) is 1. The van der Waals surface area contributed by atoms with E-state index in [0.29, 0.717) is 13.0 Å². The number of cyclic esters (lactones) is 1. The molecule has 1 saturated heterocycles. The topological polar surface area (TPSA) is 26.3 Å². The summed E-state index contributed by atoms with van der Waals surface area (Å²) in [5.74, 6) is -0.0359. The normalized spacial score (nSPS) is 18.8. The van der Waals surface area contributed by atoms with Crippen molar-refractivity contribution in [3.63, 3.8) is 0 Å². The van der Waals surface area contributed by atoms with E-state index in [1.807, 2.05) is 0 Å². The van der Waals surface area contributed by atoms with E-state index in [0.717, 1.165) is 12.8 Å². The predicted octanol–water partition coefficient (Wildman–Crippen LogP) is 1.14. The lowest BCUT2D eigenvalue weighted by atomic mass is 10.2. The van der Waals surface area contributed by atoms with Crippen molar-refractivity contribution in [3.8, 4) is 0 Å². The Bertz CT molecular complexity index is 74.5. The van der Waals surface area contributed by atoms with E-state index in [9.17, 15) is 4.79 Å². The zero-order valence-corrected chi connectivity index (χ0v) is 5.37. The minimum atomic E-state index is -0.0359. The van der Waals surface area contributed by atoms with Gasteiger partial charge >= 0.3 is 5.97 Å². The van der Waals surface area contributed by atoms with Crippen molar-refractivity contribution in [2.45, 2.75) is 19.3 Å². The zero-order chi connectivity index (χ0) is 5.11. The molecule has 8 heavy (non-hydrogen) atoms. The Morgan fingerprint density at radius 2 is 2.12 bits per heavy atom. The Morgan fingerprint density at radius 3 is 2.38 bits per heavy atom. The molecule has 1 aliphatic heterocycles. The van der Waals surface area contributed by atoms with E-state index in [1.165, 1.54) is 0 Å². The van der Waals surface area contributed by atoms with Gasteiger partial charge in [0.2, 0.25) is 0 Å². The van der Waals surface area contributed by atoms with E-state index in [2.05, 4.69) is 4.74 Å². The average molecular weight is 137 g/mol. The molecule has 0 unspecified atom stereocenters. The molecule has 0 aromatic rings. The number of rotatable bonds is 0. The van der Waals surface area contributed by atoms with Crippen LogP contribution in [-0.2, 0) is 9.53 Å². The number of carbonyl (C=O) groups is 1. The largest absolute Gasteiger partial charge is 0.466 e. The summed E-state index contributed by atoms with van der Waals surface area (Å²) in [6.07, 6.45) is 2.69. The van der Waals surface area contributed by atoms with Gasteiger partial charge in [-0.25, -0.2) is 0 Å². The third-order valence-electron chi connectivity index (χ3n) is 1.04. The maximum atomic E-state index is 10.2. The quantitative estimate of drug-likeness (QED) is 0.467. The van der Waals surface area contributed by atoms with Gasteiger partial charge in [0, 0.05) is 6.42 Å². The van der Waals surface area contributed by atoms with Gasteiger partial charge in [0.05, 0.1) is 6.61 Å². The van der Waals surface area contributed by atoms with Gasteiger partial charge in [-0.3, -0.25) is 4.79 Å². The fourth-order valence-electron chi connectivity index (χ4n) is 0.630. The Morgan fingerprint density at radius 1 is 1.38 bits per heavy atom. The Kier molecular flexibility index (Phi) is 3.61. The number of hydrogen-bond donors (Lipinski definition) is 0. The van der Waals surface area contributed by atoms with E-state index >= 15 is 0 Å². The lowest BCUT2D eigenvalue weighted by molar-refractivity contribution is -0.146. The van der Waals surface area contributed by atoms with Crippen LogP contribution in [0.2, 0.25) is 0 Å². The van der Waals surface area contributed by atoms with Crippen LogP contribution in [0.5, 0.6) is 0 Å². The second kappa shape index (κ2) is 3.72. The molecule has 1 heterocycles. The highest BCUT2D eigenvalue weighted by Crippen LogP contribution is 2.04. The monoisotopic (exact) mass is 136 g/mol. The molecule has 0 radical (unpaired) electrons. The molecule has 0 aliphatic carbocycles. The van der Waals surface area contributed by atoms with Crippen molar-refractivity contribution in [3.05, 3.63) is 0 Å². The van der Waals surface area contributed by atoms with Crippen LogP contribution in [0.4, 0.5) is 0 Å². The SMILES string of the molecule is Cl.O=C1CCCCO1. The van der Waals surface area contributed by atoms with Gasteiger partial charge in [-0.2, -0.15) is 0 Å². The van der Waals surface area contributed by atoms with E-state index in [1.54, 1.807) is 0 Å². The summed E-state index contributed by atoms with van der Waals surface area (Å²) < 4.78 is 4.64. The number of halogens is 1. The van der Waals surface area contributed by atoms with Gasteiger partial charge in [-0.05, 0) is 12.8 Å². The highest BCUT2D eigenvalue weighted by Gasteiger charge is 2.06. The summed E-state index contributed by atoms with van der Waals surface area (Å²) in [5.41, 5.74) is 0. The number of carbonyl (C=O) groups excluding carboxylic acids is 1. The summed E-state index contributed by atoms with van der Waals surface area (Å²) in [6.45, 7) is 0.638. The Balaban J connectivity index is 0.000000490. The highest BCUT2D eigenvalue weighted by molar-refractivity contribution is 5.85. The first-order valence-electron chi connectivity index (χ1n) is 2.55. The number of esters is 1. The lowest BCUT2D eigenvalue weighted by Crippen LogP contribution is -2.10. The summed E-state index contributed by atoms with van der Waals surface area (Å²) in [6, 6.07) is 0. The summed E-state index contributed by atoms with van der Waals surface area (Å²) in [7, 11) is 0. The van der Waals surface area contributed by atoms with Crippen LogP contribution in [0.1, 0.15) is 19.3 Å². The van der Waals surface area contributed by atoms with Gasteiger partial charge in [0.15, 0.2) is 0 Å². The van der Waals surface area contributed by atoms with Crippen molar-refractivity contribution >= 4 is 18.4 Å². The molecule has 48 valence electrons. The second-order valence-electron chi connectivity index (χ2n) is 1.68. The lowest BCUT2D eigenvalue weighted by Gasteiger charge is -2.08. The molecule has 0 spiro atoms. The van der Waals surface area contributed by atoms with Gasteiger partial charge in [-0.15, -0.1) is 12.4 Å². The van der Waals surface area contributed by atoms with Crippen molar-refractivity contribution < 1.29 is 9.53 Å². The third-order valence-corrected chi connectivity index (χ3v) is 1.04. The molecular weight excluding hydrogens is 128 g/mol. The van der Waals surface area contributed by atoms with Crippen molar-refractivity contribution in [1.29, 1.82) is 0 Å². The molecule has 2 nitrogen and oxygen atoms in total. The van der Waals surface area contributed by atoms with Crippen molar-refractivity contribution in [2.75, 3.05) is 6.61 Å². The van der Waals surface area contributed by atoms with E-state index < -0.39 is 0 Å². The Labute approximate surface area is 54.6 Å². The molecule has 1 aliphatic rings. The van der Waals surface area contributed by atoms with Gasteiger partial charge in [0.1, 0.15) is 0 Å². The van der Waals surface area contributed by atoms with Crippen LogP contribution >= 0.6 is 12.4 Å². The van der Waals surface area contributed by atoms with Crippen LogP contribution in [0.25, 0.3) is 0 Å². The Hall–Kier alpha value is -0.240. The first kappa shape index (κ1) is 7.76. The average Bonchev–Trinajstić information content (AvgIpc) is 1.69. The third kappa shape index (κ3) is 2.17. The molecule has 0 atom stereocenters. The molecule has 0 bridgehead atoms. The van der Waals surface area contributed by atoms with Gasteiger partial charge in [-0.1, -0.05) is 0 Å². The van der Waals surface area contributed by atoms with Gasteiger partial charge in [0.25, 0.3) is 0 Å². The molecule has 1 fully saturated rings. The molecule has 0 aromatic heterocycles. The summed E-state index contributed by atoms with van der Waals surface area (Å²) >= 11 is 0. The fraction of sp³-hybridized carbons (Fsp3) is 0.800. The fourth-order valence-corrected chi connectivity index (χ4v) is 0.630. The predicted molar refractivity (Wildman–Crippen MR) is 32.1 cm³/mol. The first-order valence-corrected chi connectivity index (χ1v) is 2.55.